The van der Waals surface area contributed by atoms with Gasteiger partial charge < -0.3 is 4.74 Å². The monoisotopic (exact) mass is 473 g/mol. The van der Waals surface area contributed by atoms with Crippen LogP contribution in [-0.2, 0) is 10.0 Å². The van der Waals surface area contributed by atoms with Crippen LogP contribution in [0.1, 0.15) is 25.3 Å². The molecule has 0 atom stereocenters. The summed E-state index contributed by atoms with van der Waals surface area (Å²) in [5, 5.41) is 14.8. The molecule has 0 aliphatic carbocycles. The maximum atomic E-state index is 13.0. The Balaban J connectivity index is 1.75. The minimum atomic E-state index is -3.85. The third-order valence-electron chi connectivity index (χ3n) is 5.03. The number of hydrogen-bond donors (Lipinski definition) is 2. The van der Waals surface area contributed by atoms with Crippen LogP contribution in [0.2, 0.25) is 5.02 Å². The van der Waals surface area contributed by atoms with Crippen LogP contribution in [0.5, 0.6) is 5.75 Å². The molecule has 0 saturated heterocycles. The summed E-state index contributed by atoms with van der Waals surface area (Å²) < 4.78 is 36.0. The topological polar surface area (TPSA) is 96.8 Å². The number of sulfonamides is 1. The number of ether oxygens (including phenoxy) is 1. The quantitative estimate of drug-likeness (QED) is 0.324. The van der Waals surface area contributed by atoms with E-state index < -0.39 is 10.0 Å². The average Bonchev–Trinajstić information content (AvgIpc) is 3.22. The molecule has 0 fully saturated rings. The molecule has 0 amide bonds. The second kappa shape index (κ2) is 8.33. The van der Waals surface area contributed by atoms with Crippen LogP contribution in [0.4, 0.5) is 5.82 Å². The number of nitrogens with one attached hydrogen (secondary N) is 1. The van der Waals surface area contributed by atoms with Gasteiger partial charge in [0.05, 0.1) is 33.8 Å². The van der Waals surface area contributed by atoms with Crippen LogP contribution in [0, 0.1) is 0 Å². The predicted octanol–water partition coefficient (Wildman–Crippen LogP) is 4.11. The molecule has 0 radical (unpaired) electrons. The summed E-state index contributed by atoms with van der Waals surface area (Å²) in [6.07, 6.45) is 2.86. The van der Waals surface area contributed by atoms with Crippen molar-refractivity contribution in [2.45, 2.75) is 24.7 Å². The summed E-state index contributed by atoms with van der Waals surface area (Å²) in [7, 11) is -2.36. The van der Waals surface area contributed by atoms with Crippen molar-refractivity contribution < 1.29 is 23.1 Å². The first-order valence-electron chi connectivity index (χ1n) is 9.79. The first-order chi connectivity index (χ1) is 15.2. The largest absolute Gasteiger partial charge is 0.491 e. The standard InChI is InChI=1S/C22H22ClN4O4S/c1-14(2)15-4-6-18(7-5-15)32(29,30)25-22-9-8-19(23)21-11-20(24-27(21)22)16-10-17(31-3)13-26(28)12-16/h4-14,25,28H,1-3H3/q+1. The predicted molar refractivity (Wildman–Crippen MR) is 121 cm³/mol. The van der Waals surface area contributed by atoms with Crippen LogP contribution in [0.3, 0.4) is 0 Å². The number of anilines is 1. The molecule has 2 N–H and O–H groups in total. The molecule has 166 valence electrons. The summed E-state index contributed by atoms with van der Waals surface area (Å²) in [6, 6.07) is 13.3. The lowest BCUT2D eigenvalue weighted by atomic mass is 10.0. The minimum Gasteiger partial charge on any atom is -0.491 e. The molecule has 4 rings (SSSR count). The van der Waals surface area contributed by atoms with Gasteiger partial charge in [0, 0.05) is 10.8 Å². The lowest BCUT2D eigenvalue weighted by Crippen LogP contribution is -2.28. The molecular formula is C22H22ClN4O4S+. The average molecular weight is 474 g/mol. The number of aromatic nitrogens is 3. The molecule has 0 aliphatic heterocycles. The Bertz CT molecular complexity index is 1400. The van der Waals surface area contributed by atoms with E-state index in [1.165, 1.54) is 24.0 Å². The molecule has 32 heavy (non-hydrogen) atoms. The summed E-state index contributed by atoms with van der Waals surface area (Å²) in [6.45, 7) is 4.09. The van der Waals surface area contributed by atoms with Gasteiger partial charge in [-0.2, -0.15) is 5.10 Å². The molecule has 0 spiro atoms. The van der Waals surface area contributed by atoms with Crippen molar-refractivity contribution in [2.75, 3.05) is 11.8 Å². The zero-order valence-corrected chi connectivity index (χ0v) is 19.2. The third kappa shape index (κ3) is 4.21. The van der Waals surface area contributed by atoms with Crippen molar-refractivity contribution in [3.8, 4) is 17.0 Å². The number of halogens is 1. The first kappa shape index (κ1) is 21.9. The van der Waals surface area contributed by atoms with Gasteiger partial charge in [0.1, 0.15) is 5.82 Å². The van der Waals surface area contributed by atoms with Gasteiger partial charge in [-0.1, -0.05) is 37.6 Å². The Morgan fingerprint density at radius 3 is 2.50 bits per heavy atom. The van der Waals surface area contributed by atoms with Crippen molar-refractivity contribution in [1.29, 1.82) is 0 Å². The SMILES string of the molecule is COc1cc(-c2cc3c(Cl)ccc(NS(=O)(=O)c4ccc(C(C)C)cc4)n3n2)c[n+](O)c1. The van der Waals surface area contributed by atoms with Gasteiger partial charge in [-0.05, 0) is 41.8 Å². The molecule has 0 saturated carbocycles. The van der Waals surface area contributed by atoms with Crippen LogP contribution >= 0.6 is 11.6 Å². The van der Waals surface area contributed by atoms with Gasteiger partial charge in [0.25, 0.3) is 16.2 Å². The van der Waals surface area contributed by atoms with Crippen molar-refractivity contribution >= 4 is 33.0 Å². The van der Waals surface area contributed by atoms with E-state index in [1.807, 2.05) is 13.8 Å². The highest BCUT2D eigenvalue weighted by Gasteiger charge is 2.19. The smallest absolute Gasteiger partial charge is 0.263 e. The van der Waals surface area contributed by atoms with Gasteiger partial charge >= 0.3 is 0 Å². The summed E-state index contributed by atoms with van der Waals surface area (Å²) >= 11 is 6.34. The number of benzene rings is 1. The molecule has 0 unspecified atom stereocenters. The number of nitrogens with zero attached hydrogens (tertiary/aromatic N) is 3. The Kier molecular flexibility index (Phi) is 5.70. The van der Waals surface area contributed by atoms with E-state index in [9.17, 15) is 13.6 Å². The van der Waals surface area contributed by atoms with Crippen LogP contribution in [-0.4, -0.2) is 30.3 Å². The Morgan fingerprint density at radius 1 is 1.12 bits per heavy atom. The normalized spacial score (nSPS) is 11.8. The van der Waals surface area contributed by atoms with Crippen LogP contribution < -0.4 is 14.2 Å². The summed E-state index contributed by atoms with van der Waals surface area (Å²) in [5.41, 5.74) is 2.59. The zero-order chi connectivity index (χ0) is 23.0. The Morgan fingerprint density at radius 2 is 1.84 bits per heavy atom. The summed E-state index contributed by atoms with van der Waals surface area (Å²) in [4.78, 5) is 0.145. The first-order valence-corrected chi connectivity index (χ1v) is 11.6. The van der Waals surface area contributed by atoms with E-state index in [0.29, 0.717) is 33.5 Å². The second-order valence-corrected chi connectivity index (χ2v) is 9.66. The fourth-order valence-corrected chi connectivity index (χ4v) is 4.52. The number of fused-ring (bicyclic) bond motifs is 1. The van der Waals surface area contributed by atoms with Gasteiger partial charge in [0.2, 0.25) is 6.20 Å². The zero-order valence-electron chi connectivity index (χ0n) is 17.7. The molecule has 0 aliphatic rings. The van der Waals surface area contributed by atoms with Crippen molar-refractivity contribution in [1.82, 2.24) is 9.61 Å². The number of pyridine rings is 2. The molecule has 4 aromatic rings. The molecule has 10 heteroatoms. The number of methoxy groups -OCH3 is 1. The fourth-order valence-electron chi connectivity index (χ4n) is 3.28. The third-order valence-corrected chi connectivity index (χ3v) is 6.72. The molecular weight excluding hydrogens is 452 g/mol. The van der Waals surface area contributed by atoms with E-state index in [4.69, 9.17) is 16.3 Å². The van der Waals surface area contributed by atoms with E-state index in [1.54, 1.807) is 48.5 Å². The lowest BCUT2D eigenvalue weighted by Gasteiger charge is -2.11. The van der Waals surface area contributed by atoms with Crippen LogP contribution in [0.25, 0.3) is 16.8 Å². The lowest BCUT2D eigenvalue weighted by molar-refractivity contribution is -0.904. The molecule has 8 nitrogen and oxygen atoms in total. The Hall–Kier alpha value is -3.30. The molecule has 0 bridgehead atoms. The maximum Gasteiger partial charge on any atom is 0.263 e. The maximum absolute atomic E-state index is 13.0. The van der Waals surface area contributed by atoms with Gasteiger partial charge in [0.15, 0.2) is 5.75 Å². The van der Waals surface area contributed by atoms with Gasteiger partial charge in [-0.25, -0.2) is 12.9 Å². The fraction of sp³-hybridized carbons (Fsp3) is 0.182. The van der Waals surface area contributed by atoms with Gasteiger partial charge in [-0.15, -0.1) is 0 Å². The highest BCUT2D eigenvalue weighted by molar-refractivity contribution is 7.92. The van der Waals surface area contributed by atoms with Crippen molar-refractivity contribution in [2.24, 2.45) is 0 Å². The highest BCUT2D eigenvalue weighted by Crippen LogP contribution is 2.29. The van der Waals surface area contributed by atoms with E-state index in [0.717, 1.165) is 10.3 Å². The molecule has 3 aromatic heterocycles. The molecule has 3 heterocycles. The second-order valence-electron chi connectivity index (χ2n) is 7.57. The number of rotatable bonds is 6. The van der Waals surface area contributed by atoms with Crippen LogP contribution in [0.15, 0.2) is 65.8 Å². The minimum absolute atomic E-state index is 0.145. The number of hydrogen-bond acceptors (Lipinski definition) is 5. The van der Waals surface area contributed by atoms with E-state index >= 15 is 0 Å². The van der Waals surface area contributed by atoms with E-state index in [2.05, 4.69) is 9.82 Å². The van der Waals surface area contributed by atoms with Crippen molar-refractivity contribution in [3.05, 3.63) is 71.5 Å². The highest BCUT2D eigenvalue weighted by atomic mass is 35.5. The van der Waals surface area contributed by atoms with Gasteiger partial charge in [-0.3, -0.25) is 9.93 Å². The molecule has 1 aromatic carbocycles. The van der Waals surface area contributed by atoms with E-state index in [-0.39, 0.29) is 10.7 Å². The van der Waals surface area contributed by atoms with Crippen molar-refractivity contribution in [3.63, 3.8) is 0 Å². The Labute approximate surface area is 190 Å². The summed E-state index contributed by atoms with van der Waals surface area (Å²) in [5.74, 6) is 0.953.